The van der Waals surface area contributed by atoms with E-state index in [1.807, 2.05) is 60.7 Å². The SMILES string of the molecule is COCCCCC1(CNC(=O)[C@H]2CCC(NS(=O)(=O)C3CC3)N(C(=O)OCC3c4ccccc4-c4ccccc43)C2)c2ccccc2Oc2ccccc21. The number of carbonyl (C=O) groups excluding carboxylic acids is 2. The molecule has 0 spiro atoms. The van der Waals surface area contributed by atoms with Gasteiger partial charge in [-0.1, -0.05) is 84.9 Å². The molecule has 2 N–H and O–H groups in total. The van der Waals surface area contributed by atoms with E-state index in [2.05, 4.69) is 46.4 Å². The molecule has 4 aliphatic rings. The molecule has 1 unspecified atom stereocenters. The van der Waals surface area contributed by atoms with Crippen molar-refractivity contribution in [1.82, 2.24) is 14.9 Å². The predicted molar refractivity (Wildman–Crippen MR) is 206 cm³/mol. The molecule has 11 heteroatoms. The number of piperidine rings is 1. The van der Waals surface area contributed by atoms with Crippen LogP contribution in [0.15, 0.2) is 97.1 Å². The molecular formula is C43H47N3O7S. The number of likely N-dealkylation sites (tertiary alicyclic amines) is 1. The highest BCUT2D eigenvalue weighted by atomic mass is 32.2. The van der Waals surface area contributed by atoms with Gasteiger partial charge < -0.3 is 19.5 Å². The predicted octanol–water partition coefficient (Wildman–Crippen LogP) is 7.08. The molecule has 4 aromatic rings. The van der Waals surface area contributed by atoms with E-state index in [1.165, 1.54) is 4.90 Å². The number of hydrogen-bond acceptors (Lipinski definition) is 7. The Morgan fingerprint density at radius 1 is 0.815 bits per heavy atom. The van der Waals surface area contributed by atoms with Gasteiger partial charge in [0.1, 0.15) is 18.1 Å². The Hall–Kier alpha value is -4.71. The molecule has 54 heavy (non-hydrogen) atoms. The topological polar surface area (TPSA) is 123 Å². The summed E-state index contributed by atoms with van der Waals surface area (Å²) < 4.78 is 46.8. The highest BCUT2D eigenvalue weighted by Gasteiger charge is 2.45. The molecule has 0 radical (unpaired) electrons. The summed E-state index contributed by atoms with van der Waals surface area (Å²) in [5.74, 6) is 0.622. The molecule has 2 aliphatic heterocycles. The molecule has 2 atom stereocenters. The standard InChI is InChI=1S/C43H47N3O7S/c1-51-25-11-10-24-43(36-16-6-8-18-38(36)53-39-19-9-7-17-37(39)43)28-44-41(47)29-20-23-40(45-54(49,50)30-21-22-30)46(26-29)42(48)52-27-35-33-14-4-2-12-31(33)32-13-3-5-15-34(32)35/h2-9,12-19,29-30,35,40,45H,10-11,20-28H2,1H3,(H,44,47)/t29-,40?/m0/s1. The zero-order chi connectivity index (χ0) is 37.3. The van der Waals surface area contributed by atoms with Gasteiger partial charge in [0.15, 0.2) is 0 Å². The van der Waals surface area contributed by atoms with Crippen molar-refractivity contribution in [2.45, 2.75) is 67.7 Å². The minimum atomic E-state index is -3.63. The monoisotopic (exact) mass is 749 g/mol. The largest absolute Gasteiger partial charge is 0.457 e. The number of nitrogens with one attached hydrogen (secondary N) is 2. The van der Waals surface area contributed by atoms with Crippen LogP contribution in [0.4, 0.5) is 4.79 Å². The van der Waals surface area contributed by atoms with Crippen LogP contribution >= 0.6 is 0 Å². The maximum Gasteiger partial charge on any atom is 0.411 e. The second kappa shape index (κ2) is 15.2. The number of amides is 2. The van der Waals surface area contributed by atoms with Gasteiger partial charge >= 0.3 is 6.09 Å². The molecule has 0 bridgehead atoms. The van der Waals surface area contributed by atoms with Gasteiger partial charge in [0, 0.05) is 49.3 Å². The molecule has 2 aliphatic carbocycles. The van der Waals surface area contributed by atoms with E-state index in [1.54, 1.807) is 7.11 Å². The Balaban J connectivity index is 1.02. The molecule has 0 aromatic heterocycles. The van der Waals surface area contributed by atoms with Gasteiger partial charge in [-0.2, -0.15) is 4.72 Å². The fraction of sp³-hybridized carbons (Fsp3) is 0.395. The lowest BCUT2D eigenvalue weighted by Crippen LogP contribution is -2.58. The Bertz CT molecular complexity index is 2040. The number of methoxy groups -OCH3 is 1. The summed E-state index contributed by atoms with van der Waals surface area (Å²) in [6.45, 7) is 1.09. The molecule has 8 rings (SSSR count). The molecule has 282 valence electrons. The minimum Gasteiger partial charge on any atom is -0.457 e. The van der Waals surface area contributed by atoms with Gasteiger partial charge in [-0.15, -0.1) is 0 Å². The van der Waals surface area contributed by atoms with Crippen LogP contribution in [0.1, 0.15) is 73.1 Å². The van der Waals surface area contributed by atoms with Crippen LogP contribution in [-0.2, 0) is 29.7 Å². The average molecular weight is 750 g/mol. The number of nitrogens with zero attached hydrogens (tertiary/aromatic N) is 1. The first-order chi connectivity index (χ1) is 26.3. The van der Waals surface area contributed by atoms with Crippen molar-refractivity contribution in [1.29, 1.82) is 0 Å². The number of hydrogen-bond donors (Lipinski definition) is 2. The number of rotatable bonds is 13. The van der Waals surface area contributed by atoms with E-state index in [9.17, 15) is 18.0 Å². The molecule has 2 heterocycles. The molecule has 1 saturated carbocycles. The lowest BCUT2D eigenvalue weighted by Gasteiger charge is -2.42. The van der Waals surface area contributed by atoms with Crippen molar-refractivity contribution in [2.75, 3.05) is 33.4 Å². The van der Waals surface area contributed by atoms with Crippen LogP contribution in [0, 0.1) is 5.92 Å². The first-order valence-corrected chi connectivity index (χ1v) is 20.6. The van der Waals surface area contributed by atoms with Crippen molar-refractivity contribution >= 4 is 22.0 Å². The third kappa shape index (κ3) is 7.00. The summed E-state index contributed by atoms with van der Waals surface area (Å²) in [5, 5.41) is 2.84. The summed E-state index contributed by atoms with van der Waals surface area (Å²) in [4.78, 5) is 29.7. The van der Waals surface area contributed by atoms with Crippen LogP contribution in [0.25, 0.3) is 11.1 Å². The number of ether oxygens (including phenoxy) is 3. The molecule has 4 aromatic carbocycles. The number of para-hydroxylation sites is 2. The quantitative estimate of drug-likeness (QED) is 0.140. The zero-order valence-corrected chi connectivity index (χ0v) is 31.4. The second-order valence-corrected chi connectivity index (χ2v) is 16.9. The second-order valence-electron chi connectivity index (χ2n) is 15.0. The molecule has 2 fully saturated rings. The molecule has 2 amide bonds. The fourth-order valence-corrected chi connectivity index (χ4v) is 10.2. The van der Waals surface area contributed by atoms with Crippen LogP contribution in [0.3, 0.4) is 0 Å². The van der Waals surface area contributed by atoms with Crippen molar-refractivity contribution in [3.63, 3.8) is 0 Å². The third-order valence-corrected chi connectivity index (χ3v) is 13.5. The van der Waals surface area contributed by atoms with E-state index in [4.69, 9.17) is 14.2 Å². The summed E-state index contributed by atoms with van der Waals surface area (Å²) >= 11 is 0. The van der Waals surface area contributed by atoms with Crippen LogP contribution in [-0.4, -0.2) is 70.1 Å². The maximum absolute atomic E-state index is 14.2. The number of unbranched alkanes of at least 4 members (excludes halogenated alkanes) is 1. The summed E-state index contributed by atoms with van der Waals surface area (Å²) in [7, 11) is -1.92. The molecular weight excluding hydrogens is 703 g/mol. The Kier molecular flexibility index (Phi) is 10.2. The lowest BCUT2D eigenvalue weighted by atomic mass is 9.69. The number of carbonyl (C=O) groups is 2. The van der Waals surface area contributed by atoms with Crippen molar-refractivity contribution in [2.24, 2.45) is 5.92 Å². The van der Waals surface area contributed by atoms with Gasteiger partial charge in [-0.25, -0.2) is 13.2 Å². The Morgan fingerprint density at radius 3 is 2.06 bits per heavy atom. The zero-order valence-electron chi connectivity index (χ0n) is 30.5. The molecule has 10 nitrogen and oxygen atoms in total. The smallest absolute Gasteiger partial charge is 0.411 e. The normalized spacial score (nSPS) is 19.8. The Morgan fingerprint density at radius 2 is 1.43 bits per heavy atom. The minimum absolute atomic E-state index is 0.0253. The average Bonchev–Trinajstić information content (AvgIpc) is 4.02. The summed E-state index contributed by atoms with van der Waals surface area (Å²) in [5.41, 5.74) is 5.87. The van der Waals surface area contributed by atoms with Crippen molar-refractivity contribution in [3.8, 4) is 22.6 Å². The van der Waals surface area contributed by atoms with Crippen LogP contribution in [0.2, 0.25) is 0 Å². The first-order valence-electron chi connectivity index (χ1n) is 19.1. The molecule has 1 saturated heterocycles. The van der Waals surface area contributed by atoms with Crippen LogP contribution < -0.4 is 14.8 Å². The van der Waals surface area contributed by atoms with Gasteiger partial charge in [-0.05, 0) is 79.3 Å². The number of sulfonamides is 1. The highest BCUT2D eigenvalue weighted by molar-refractivity contribution is 7.90. The van der Waals surface area contributed by atoms with Crippen molar-refractivity contribution < 1.29 is 32.2 Å². The van der Waals surface area contributed by atoms with Gasteiger partial charge in [0.05, 0.1) is 17.3 Å². The third-order valence-electron chi connectivity index (χ3n) is 11.6. The van der Waals surface area contributed by atoms with E-state index >= 15 is 0 Å². The van der Waals surface area contributed by atoms with Gasteiger partial charge in [0.2, 0.25) is 15.9 Å². The maximum atomic E-state index is 14.2. The Labute approximate surface area is 317 Å². The van der Waals surface area contributed by atoms with E-state index < -0.39 is 38.9 Å². The van der Waals surface area contributed by atoms with Gasteiger partial charge in [0.25, 0.3) is 0 Å². The highest BCUT2D eigenvalue weighted by Crippen LogP contribution is 2.50. The summed E-state index contributed by atoms with van der Waals surface area (Å²) in [6.07, 6.45) is 2.95. The van der Waals surface area contributed by atoms with Crippen LogP contribution in [0.5, 0.6) is 11.5 Å². The number of benzene rings is 4. The lowest BCUT2D eigenvalue weighted by molar-refractivity contribution is -0.127. The van der Waals surface area contributed by atoms with E-state index in [0.29, 0.717) is 32.4 Å². The van der Waals surface area contributed by atoms with Gasteiger partial charge in [-0.3, -0.25) is 9.69 Å². The fourth-order valence-electron chi connectivity index (χ4n) is 8.62. The van der Waals surface area contributed by atoms with E-state index in [0.717, 1.165) is 64.1 Å². The number of fused-ring (bicyclic) bond motifs is 5. The first kappa shape index (κ1) is 36.3. The van der Waals surface area contributed by atoms with E-state index in [-0.39, 0.29) is 31.4 Å². The van der Waals surface area contributed by atoms with Crippen molar-refractivity contribution in [3.05, 3.63) is 119 Å². The summed E-state index contributed by atoms with van der Waals surface area (Å²) in [6, 6.07) is 32.2.